The topological polar surface area (TPSA) is 60.2 Å². The highest BCUT2D eigenvalue weighted by Crippen LogP contribution is 2.42. The van der Waals surface area contributed by atoms with Gasteiger partial charge in [0.2, 0.25) is 0 Å². The van der Waals surface area contributed by atoms with E-state index in [1.165, 1.54) is 12.8 Å². The molecule has 0 amide bonds. The molecule has 1 N–H and O–H groups in total. The van der Waals surface area contributed by atoms with Crippen molar-refractivity contribution in [2.45, 2.75) is 44.8 Å². The van der Waals surface area contributed by atoms with E-state index in [0.717, 1.165) is 24.4 Å². The predicted molar refractivity (Wildman–Crippen MR) is 59.1 cm³/mol. The van der Waals surface area contributed by atoms with Gasteiger partial charge in [-0.05, 0) is 26.2 Å². The summed E-state index contributed by atoms with van der Waals surface area (Å²) >= 11 is 0. The first kappa shape index (κ1) is 11.5. The van der Waals surface area contributed by atoms with Gasteiger partial charge in [-0.25, -0.2) is 4.68 Å². The Morgan fingerprint density at radius 3 is 2.88 bits per heavy atom. The van der Waals surface area contributed by atoms with Crippen LogP contribution in [0.3, 0.4) is 0 Å². The Morgan fingerprint density at radius 1 is 1.56 bits per heavy atom. The zero-order valence-electron chi connectivity index (χ0n) is 9.89. The van der Waals surface area contributed by atoms with E-state index in [9.17, 15) is 5.11 Å². The van der Waals surface area contributed by atoms with Crippen LogP contribution in [0.1, 0.15) is 49.5 Å². The summed E-state index contributed by atoms with van der Waals surface area (Å²) in [7, 11) is 1.70. The minimum absolute atomic E-state index is 0.0111. The van der Waals surface area contributed by atoms with E-state index in [1.807, 2.05) is 4.68 Å². The lowest BCUT2D eigenvalue weighted by Crippen LogP contribution is -2.13. The fourth-order valence-corrected chi connectivity index (χ4v) is 1.96. The number of aliphatic hydroxyl groups excluding tert-OH is 1. The lowest BCUT2D eigenvalue weighted by Gasteiger charge is -2.14. The van der Waals surface area contributed by atoms with Gasteiger partial charge < -0.3 is 9.84 Å². The summed E-state index contributed by atoms with van der Waals surface area (Å²) in [5, 5.41) is 17.4. The number of aromatic nitrogens is 3. The molecule has 0 saturated heterocycles. The molecule has 0 spiro atoms. The van der Waals surface area contributed by atoms with E-state index in [-0.39, 0.29) is 12.6 Å². The van der Waals surface area contributed by atoms with Crippen molar-refractivity contribution in [3.8, 4) is 0 Å². The molecule has 1 atom stereocenters. The van der Waals surface area contributed by atoms with Crippen LogP contribution in [0.25, 0.3) is 0 Å². The minimum Gasteiger partial charge on any atom is -0.390 e. The highest BCUT2D eigenvalue weighted by Gasteiger charge is 2.32. The average molecular weight is 225 g/mol. The molecule has 1 saturated carbocycles. The monoisotopic (exact) mass is 225 g/mol. The second kappa shape index (κ2) is 4.93. The van der Waals surface area contributed by atoms with Crippen LogP contribution in [-0.4, -0.2) is 33.8 Å². The molecule has 1 heterocycles. The van der Waals surface area contributed by atoms with Gasteiger partial charge in [-0.3, -0.25) is 0 Å². The lowest BCUT2D eigenvalue weighted by atomic mass is 10.2. The van der Waals surface area contributed by atoms with Crippen LogP contribution in [0.4, 0.5) is 0 Å². The summed E-state index contributed by atoms with van der Waals surface area (Å²) in [6.45, 7) is 2.82. The number of aliphatic hydroxyl groups is 1. The van der Waals surface area contributed by atoms with Crippen LogP contribution in [-0.2, 0) is 11.3 Å². The fraction of sp³-hybridized carbons (Fsp3) is 0.818. The first-order valence-corrected chi connectivity index (χ1v) is 5.81. The zero-order valence-corrected chi connectivity index (χ0v) is 9.89. The smallest absolute Gasteiger partial charge is 0.112 e. The van der Waals surface area contributed by atoms with Crippen molar-refractivity contribution >= 4 is 0 Å². The first-order chi connectivity index (χ1) is 7.77. The molecule has 1 aromatic heterocycles. The summed E-state index contributed by atoms with van der Waals surface area (Å²) in [5.41, 5.74) is 1.87. The second-order valence-electron chi connectivity index (χ2n) is 4.43. The molecule has 2 rings (SSSR count). The minimum atomic E-state index is -0.0111. The standard InChI is InChI=1S/C11H19N3O2/c1-8(5-6-16-2)14-11(9-3-4-9)10(7-15)12-13-14/h8-9,15H,3-7H2,1-2H3. The molecule has 90 valence electrons. The zero-order chi connectivity index (χ0) is 11.5. The summed E-state index contributed by atoms with van der Waals surface area (Å²) in [5.74, 6) is 0.558. The molecule has 5 heteroatoms. The van der Waals surface area contributed by atoms with Crippen molar-refractivity contribution in [3.05, 3.63) is 11.4 Å². The number of nitrogens with zero attached hydrogens (tertiary/aromatic N) is 3. The molecule has 0 radical (unpaired) electrons. The normalized spacial score (nSPS) is 17.7. The molecule has 0 aromatic carbocycles. The van der Waals surface area contributed by atoms with Crippen LogP contribution in [0.15, 0.2) is 0 Å². The van der Waals surface area contributed by atoms with Crippen molar-refractivity contribution in [3.63, 3.8) is 0 Å². The third-order valence-electron chi connectivity index (χ3n) is 3.08. The van der Waals surface area contributed by atoms with Crippen molar-refractivity contribution in [1.82, 2.24) is 15.0 Å². The van der Waals surface area contributed by atoms with E-state index in [2.05, 4.69) is 17.2 Å². The molecule has 16 heavy (non-hydrogen) atoms. The third-order valence-corrected chi connectivity index (χ3v) is 3.08. The van der Waals surface area contributed by atoms with E-state index < -0.39 is 0 Å². The number of rotatable bonds is 6. The molecule has 1 aliphatic rings. The Balaban J connectivity index is 2.15. The van der Waals surface area contributed by atoms with Gasteiger partial charge in [0, 0.05) is 19.6 Å². The van der Waals surface area contributed by atoms with Gasteiger partial charge in [0.25, 0.3) is 0 Å². The number of ether oxygens (including phenoxy) is 1. The number of hydrogen-bond acceptors (Lipinski definition) is 4. The van der Waals surface area contributed by atoms with E-state index in [4.69, 9.17) is 4.74 Å². The van der Waals surface area contributed by atoms with Gasteiger partial charge >= 0.3 is 0 Å². The van der Waals surface area contributed by atoms with Gasteiger partial charge in [0.05, 0.1) is 18.3 Å². The average Bonchev–Trinajstić information content (AvgIpc) is 3.05. The molecular formula is C11H19N3O2. The molecule has 1 unspecified atom stereocenters. The van der Waals surface area contributed by atoms with Crippen molar-refractivity contribution < 1.29 is 9.84 Å². The summed E-state index contributed by atoms with van der Waals surface area (Å²) in [6, 6.07) is 0.281. The maximum atomic E-state index is 9.23. The van der Waals surface area contributed by atoms with Crippen LogP contribution in [0.2, 0.25) is 0 Å². The van der Waals surface area contributed by atoms with Crippen molar-refractivity contribution in [2.75, 3.05) is 13.7 Å². The van der Waals surface area contributed by atoms with Crippen LogP contribution in [0.5, 0.6) is 0 Å². The summed E-state index contributed by atoms with van der Waals surface area (Å²) < 4.78 is 7.03. The fourth-order valence-electron chi connectivity index (χ4n) is 1.96. The van der Waals surface area contributed by atoms with Gasteiger partial charge in [0.1, 0.15) is 5.69 Å². The lowest BCUT2D eigenvalue weighted by molar-refractivity contribution is 0.177. The second-order valence-corrected chi connectivity index (χ2v) is 4.43. The molecule has 1 aromatic rings. The van der Waals surface area contributed by atoms with Gasteiger partial charge in [-0.15, -0.1) is 5.10 Å². The van der Waals surface area contributed by atoms with Crippen LogP contribution < -0.4 is 0 Å². The molecule has 1 fully saturated rings. The molecule has 1 aliphatic carbocycles. The van der Waals surface area contributed by atoms with Gasteiger partial charge in [0.15, 0.2) is 0 Å². The maximum absolute atomic E-state index is 9.23. The summed E-state index contributed by atoms with van der Waals surface area (Å²) in [4.78, 5) is 0. The third kappa shape index (κ3) is 2.25. The number of methoxy groups -OCH3 is 1. The Kier molecular flexibility index (Phi) is 3.56. The Morgan fingerprint density at radius 2 is 2.31 bits per heavy atom. The maximum Gasteiger partial charge on any atom is 0.112 e. The molecule has 5 nitrogen and oxygen atoms in total. The Bertz CT molecular complexity index is 347. The van der Waals surface area contributed by atoms with E-state index >= 15 is 0 Å². The predicted octanol–water partition coefficient (Wildman–Crippen LogP) is 1.25. The molecular weight excluding hydrogens is 206 g/mol. The SMILES string of the molecule is COCCC(C)n1nnc(CO)c1C1CC1. The van der Waals surface area contributed by atoms with Crippen LogP contribution >= 0.6 is 0 Å². The Hall–Kier alpha value is -0.940. The number of hydrogen-bond donors (Lipinski definition) is 1. The van der Waals surface area contributed by atoms with E-state index in [0.29, 0.717) is 5.92 Å². The largest absolute Gasteiger partial charge is 0.390 e. The molecule has 0 bridgehead atoms. The van der Waals surface area contributed by atoms with Crippen molar-refractivity contribution in [1.29, 1.82) is 0 Å². The molecule has 0 aliphatic heterocycles. The Labute approximate surface area is 95.4 Å². The highest BCUT2D eigenvalue weighted by molar-refractivity contribution is 5.20. The van der Waals surface area contributed by atoms with Crippen molar-refractivity contribution in [2.24, 2.45) is 0 Å². The van der Waals surface area contributed by atoms with Gasteiger partial charge in [-0.2, -0.15) is 0 Å². The highest BCUT2D eigenvalue weighted by atomic mass is 16.5. The first-order valence-electron chi connectivity index (χ1n) is 5.81. The van der Waals surface area contributed by atoms with Crippen LogP contribution in [0, 0.1) is 0 Å². The van der Waals surface area contributed by atoms with Gasteiger partial charge in [-0.1, -0.05) is 5.21 Å². The quantitative estimate of drug-likeness (QED) is 0.791. The summed E-state index contributed by atoms with van der Waals surface area (Å²) in [6.07, 6.45) is 3.30. The van der Waals surface area contributed by atoms with E-state index in [1.54, 1.807) is 7.11 Å².